The van der Waals surface area contributed by atoms with Gasteiger partial charge in [-0.25, -0.2) is 0 Å². The molecule has 0 aliphatic carbocycles. The predicted octanol–water partition coefficient (Wildman–Crippen LogP) is 0.919. The topological polar surface area (TPSA) is 44.5 Å². The first-order chi connectivity index (χ1) is 5.72. The van der Waals surface area contributed by atoms with E-state index >= 15 is 0 Å². The molecule has 3 heteroatoms. The first kappa shape index (κ1) is 9.96. The Morgan fingerprint density at radius 2 is 2.42 bits per heavy atom. The summed E-state index contributed by atoms with van der Waals surface area (Å²) in [5.41, 5.74) is 5.47. The third kappa shape index (κ3) is 2.19. The third-order valence-electron chi connectivity index (χ3n) is 2.46. The molecule has 0 aromatic rings. The van der Waals surface area contributed by atoms with Crippen molar-refractivity contribution < 1.29 is 9.47 Å². The summed E-state index contributed by atoms with van der Waals surface area (Å²) in [5.74, 6) is 0. The zero-order valence-electron chi connectivity index (χ0n) is 8.01. The minimum atomic E-state index is -0.193. The number of hydrogen-bond donors (Lipinski definition) is 1. The maximum atomic E-state index is 5.66. The zero-order valence-corrected chi connectivity index (χ0v) is 8.01. The molecule has 12 heavy (non-hydrogen) atoms. The van der Waals surface area contributed by atoms with Crippen molar-refractivity contribution in [2.24, 2.45) is 5.73 Å². The maximum absolute atomic E-state index is 5.66. The zero-order chi connectivity index (χ0) is 9.03. The lowest BCUT2D eigenvalue weighted by atomic mass is 9.94. The highest BCUT2D eigenvalue weighted by atomic mass is 16.5. The minimum Gasteiger partial charge on any atom is -0.375 e. The van der Waals surface area contributed by atoms with Crippen LogP contribution in [0, 0.1) is 0 Å². The molecule has 1 fully saturated rings. The summed E-state index contributed by atoms with van der Waals surface area (Å²) in [5, 5.41) is 0. The first-order valence-electron chi connectivity index (χ1n) is 4.68. The summed E-state index contributed by atoms with van der Waals surface area (Å²) in [6.45, 7) is 6.02. The molecule has 0 aromatic carbocycles. The summed E-state index contributed by atoms with van der Waals surface area (Å²) < 4.78 is 11.2. The van der Waals surface area contributed by atoms with Crippen LogP contribution in [0.3, 0.4) is 0 Å². The van der Waals surface area contributed by atoms with E-state index in [-0.39, 0.29) is 5.60 Å². The van der Waals surface area contributed by atoms with Crippen LogP contribution in [-0.4, -0.2) is 31.5 Å². The Balaban J connectivity index is 2.45. The molecule has 0 spiro atoms. The molecular formula is C9H19NO2. The van der Waals surface area contributed by atoms with Crippen LogP contribution >= 0.6 is 0 Å². The summed E-state index contributed by atoms with van der Waals surface area (Å²) in [7, 11) is 0. The van der Waals surface area contributed by atoms with Crippen molar-refractivity contribution >= 4 is 0 Å². The molecule has 2 atom stereocenters. The molecule has 0 saturated carbocycles. The minimum absolute atomic E-state index is 0.193. The average molecular weight is 173 g/mol. The van der Waals surface area contributed by atoms with E-state index in [0.29, 0.717) is 19.3 Å². The van der Waals surface area contributed by atoms with Gasteiger partial charge in [-0.3, -0.25) is 0 Å². The van der Waals surface area contributed by atoms with Crippen LogP contribution in [-0.2, 0) is 9.47 Å². The van der Waals surface area contributed by atoms with E-state index in [1.165, 1.54) is 0 Å². The number of rotatable bonds is 3. The predicted molar refractivity (Wildman–Crippen MR) is 48.1 cm³/mol. The quantitative estimate of drug-likeness (QED) is 0.690. The Morgan fingerprint density at radius 1 is 1.67 bits per heavy atom. The third-order valence-corrected chi connectivity index (χ3v) is 2.46. The molecule has 2 N–H and O–H groups in total. The van der Waals surface area contributed by atoms with Gasteiger partial charge in [-0.1, -0.05) is 0 Å². The van der Waals surface area contributed by atoms with Gasteiger partial charge in [0.1, 0.15) is 5.60 Å². The summed E-state index contributed by atoms with van der Waals surface area (Å²) in [6, 6.07) is 0. The van der Waals surface area contributed by atoms with Crippen LogP contribution in [0.15, 0.2) is 0 Å². The molecule has 0 bridgehead atoms. The molecule has 0 aromatic heterocycles. The Bertz CT molecular complexity index is 130. The highest BCUT2D eigenvalue weighted by Gasteiger charge is 2.34. The molecule has 1 heterocycles. The van der Waals surface area contributed by atoms with Crippen molar-refractivity contribution in [1.82, 2.24) is 0 Å². The van der Waals surface area contributed by atoms with Crippen molar-refractivity contribution in [1.29, 1.82) is 0 Å². The average Bonchev–Trinajstić information content (AvgIpc) is 2.10. The fourth-order valence-corrected chi connectivity index (χ4v) is 1.56. The fourth-order valence-electron chi connectivity index (χ4n) is 1.56. The fraction of sp³-hybridized carbons (Fsp3) is 1.00. The molecular weight excluding hydrogens is 154 g/mol. The van der Waals surface area contributed by atoms with Gasteiger partial charge in [0, 0.05) is 13.2 Å². The second-order valence-corrected chi connectivity index (χ2v) is 3.48. The van der Waals surface area contributed by atoms with Crippen LogP contribution in [0.2, 0.25) is 0 Å². The number of nitrogens with two attached hydrogens (primary N) is 1. The number of hydrogen-bond acceptors (Lipinski definition) is 3. The SMILES string of the molecule is CCOC1(CN)CCC(C)OC1. The van der Waals surface area contributed by atoms with Gasteiger partial charge < -0.3 is 15.2 Å². The number of ether oxygens (including phenoxy) is 2. The van der Waals surface area contributed by atoms with E-state index in [1.807, 2.05) is 6.92 Å². The van der Waals surface area contributed by atoms with Gasteiger partial charge in [-0.2, -0.15) is 0 Å². The van der Waals surface area contributed by atoms with E-state index in [0.717, 1.165) is 19.4 Å². The van der Waals surface area contributed by atoms with Gasteiger partial charge in [0.05, 0.1) is 12.7 Å². The smallest absolute Gasteiger partial charge is 0.104 e. The van der Waals surface area contributed by atoms with E-state index in [1.54, 1.807) is 0 Å². The molecule has 1 saturated heterocycles. The standard InChI is InChI=1S/C9H19NO2/c1-3-12-9(6-10)5-4-8(2)11-7-9/h8H,3-7,10H2,1-2H3. The van der Waals surface area contributed by atoms with Crippen molar-refractivity contribution in [3.05, 3.63) is 0 Å². The molecule has 1 aliphatic heterocycles. The molecule has 0 amide bonds. The normalized spacial score (nSPS) is 36.8. The summed E-state index contributed by atoms with van der Waals surface area (Å²) in [4.78, 5) is 0. The molecule has 1 rings (SSSR count). The Hall–Kier alpha value is -0.120. The Labute approximate surface area is 74.2 Å². The van der Waals surface area contributed by atoms with E-state index in [4.69, 9.17) is 15.2 Å². The molecule has 1 aliphatic rings. The second kappa shape index (κ2) is 4.21. The lowest BCUT2D eigenvalue weighted by molar-refractivity contribution is -0.140. The van der Waals surface area contributed by atoms with Gasteiger partial charge >= 0.3 is 0 Å². The highest BCUT2D eigenvalue weighted by molar-refractivity contribution is 4.86. The van der Waals surface area contributed by atoms with Gasteiger partial charge in [0.25, 0.3) is 0 Å². The van der Waals surface area contributed by atoms with Crippen LogP contribution in [0.5, 0.6) is 0 Å². The van der Waals surface area contributed by atoms with Crippen molar-refractivity contribution in [2.75, 3.05) is 19.8 Å². The molecule has 3 nitrogen and oxygen atoms in total. The lowest BCUT2D eigenvalue weighted by Crippen LogP contribution is -2.49. The van der Waals surface area contributed by atoms with Crippen LogP contribution in [0.4, 0.5) is 0 Å². The highest BCUT2D eigenvalue weighted by Crippen LogP contribution is 2.25. The Kier molecular flexibility index (Phi) is 3.50. The monoisotopic (exact) mass is 173 g/mol. The molecule has 0 radical (unpaired) electrons. The van der Waals surface area contributed by atoms with Crippen molar-refractivity contribution in [3.63, 3.8) is 0 Å². The molecule has 72 valence electrons. The van der Waals surface area contributed by atoms with E-state index < -0.39 is 0 Å². The van der Waals surface area contributed by atoms with Gasteiger partial charge in [0.15, 0.2) is 0 Å². The van der Waals surface area contributed by atoms with E-state index in [2.05, 4.69) is 6.92 Å². The van der Waals surface area contributed by atoms with Gasteiger partial charge in [0.2, 0.25) is 0 Å². The summed E-state index contributed by atoms with van der Waals surface area (Å²) >= 11 is 0. The van der Waals surface area contributed by atoms with E-state index in [9.17, 15) is 0 Å². The van der Waals surface area contributed by atoms with Crippen LogP contribution in [0.25, 0.3) is 0 Å². The summed E-state index contributed by atoms with van der Waals surface area (Å²) in [6.07, 6.45) is 2.44. The Morgan fingerprint density at radius 3 is 2.83 bits per heavy atom. The van der Waals surface area contributed by atoms with Crippen LogP contribution < -0.4 is 5.73 Å². The van der Waals surface area contributed by atoms with Gasteiger partial charge in [-0.05, 0) is 26.7 Å². The largest absolute Gasteiger partial charge is 0.375 e. The van der Waals surface area contributed by atoms with Crippen molar-refractivity contribution in [3.8, 4) is 0 Å². The lowest BCUT2D eigenvalue weighted by Gasteiger charge is -2.38. The van der Waals surface area contributed by atoms with Crippen LogP contribution in [0.1, 0.15) is 26.7 Å². The van der Waals surface area contributed by atoms with Crippen molar-refractivity contribution in [2.45, 2.75) is 38.4 Å². The first-order valence-corrected chi connectivity index (χ1v) is 4.68. The second-order valence-electron chi connectivity index (χ2n) is 3.48. The molecule has 2 unspecified atom stereocenters. The van der Waals surface area contributed by atoms with Gasteiger partial charge in [-0.15, -0.1) is 0 Å². The maximum Gasteiger partial charge on any atom is 0.104 e.